The molecule has 3 rings (SSSR count). The predicted octanol–water partition coefficient (Wildman–Crippen LogP) is 2.63. The van der Waals surface area contributed by atoms with E-state index in [1.54, 1.807) is 0 Å². The zero-order valence-electron chi connectivity index (χ0n) is 13.5. The Hall–Kier alpha value is -1.39. The molecule has 1 fully saturated rings. The van der Waals surface area contributed by atoms with E-state index in [9.17, 15) is 4.79 Å². The first kappa shape index (κ1) is 15.5. The van der Waals surface area contributed by atoms with E-state index in [0.29, 0.717) is 18.9 Å². The van der Waals surface area contributed by atoms with Crippen molar-refractivity contribution in [3.8, 4) is 0 Å². The molecule has 5 nitrogen and oxygen atoms in total. The van der Waals surface area contributed by atoms with Crippen molar-refractivity contribution >= 4 is 5.91 Å². The lowest BCUT2D eigenvalue weighted by Crippen LogP contribution is -2.28. The second-order valence-electron chi connectivity index (χ2n) is 6.80. The minimum Gasteiger partial charge on any atom is -0.356 e. The number of aryl methyl sites for hydroxylation is 1. The van der Waals surface area contributed by atoms with E-state index in [1.165, 1.54) is 51.4 Å². The molecule has 122 valence electrons. The Labute approximate surface area is 132 Å². The highest BCUT2D eigenvalue weighted by atomic mass is 16.1. The van der Waals surface area contributed by atoms with Gasteiger partial charge in [0, 0.05) is 32.4 Å². The molecular weight excluding hydrogens is 276 g/mol. The van der Waals surface area contributed by atoms with Crippen molar-refractivity contribution in [1.82, 2.24) is 20.1 Å². The normalized spacial score (nSPS) is 19.5. The number of aromatic nitrogens is 3. The maximum atomic E-state index is 12.0. The van der Waals surface area contributed by atoms with Crippen LogP contribution in [0.25, 0.3) is 0 Å². The molecule has 0 spiro atoms. The maximum Gasteiger partial charge on any atom is 0.220 e. The Kier molecular flexibility index (Phi) is 5.46. The van der Waals surface area contributed by atoms with Gasteiger partial charge in [0.1, 0.15) is 11.6 Å². The average molecular weight is 304 g/mol. The van der Waals surface area contributed by atoms with Gasteiger partial charge >= 0.3 is 0 Å². The molecule has 22 heavy (non-hydrogen) atoms. The van der Waals surface area contributed by atoms with Crippen LogP contribution in [-0.2, 0) is 24.2 Å². The highest BCUT2D eigenvalue weighted by Crippen LogP contribution is 2.26. The van der Waals surface area contributed by atoms with Crippen molar-refractivity contribution < 1.29 is 4.79 Å². The fraction of sp³-hybridized carbons (Fsp3) is 0.824. The van der Waals surface area contributed by atoms with Crippen LogP contribution < -0.4 is 5.32 Å². The lowest BCUT2D eigenvalue weighted by atomic mass is 9.87. The van der Waals surface area contributed by atoms with Crippen molar-refractivity contribution in [1.29, 1.82) is 0 Å². The second-order valence-corrected chi connectivity index (χ2v) is 6.80. The molecule has 0 radical (unpaired) electrons. The van der Waals surface area contributed by atoms with Gasteiger partial charge < -0.3 is 9.88 Å². The van der Waals surface area contributed by atoms with Gasteiger partial charge in [-0.05, 0) is 31.6 Å². The molecule has 1 N–H and O–H groups in total. The van der Waals surface area contributed by atoms with Gasteiger partial charge in [0.2, 0.25) is 5.91 Å². The summed E-state index contributed by atoms with van der Waals surface area (Å²) < 4.78 is 2.26. The standard InChI is InChI=1S/C17H28N4O/c22-17(13-14-7-3-1-4-8-14)18-11-10-16-20-19-15-9-5-2-6-12-21(15)16/h14H,1-13H2,(H,18,22). The largest absolute Gasteiger partial charge is 0.356 e. The van der Waals surface area contributed by atoms with Gasteiger partial charge in [-0.2, -0.15) is 0 Å². The summed E-state index contributed by atoms with van der Waals surface area (Å²) in [6.07, 6.45) is 12.6. The first-order valence-corrected chi connectivity index (χ1v) is 9.00. The summed E-state index contributed by atoms with van der Waals surface area (Å²) in [6, 6.07) is 0. The third-order valence-corrected chi connectivity index (χ3v) is 5.06. The van der Waals surface area contributed by atoms with Crippen LogP contribution >= 0.6 is 0 Å². The highest BCUT2D eigenvalue weighted by molar-refractivity contribution is 5.76. The Morgan fingerprint density at radius 3 is 2.77 bits per heavy atom. The Morgan fingerprint density at radius 1 is 1.09 bits per heavy atom. The van der Waals surface area contributed by atoms with Crippen molar-refractivity contribution in [3.05, 3.63) is 11.6 Å². The number of nitrogens with one attached hydrogen (secondary N) is 1. The first-order valence-electron chi connectivity index (χ1n) is 9.00. The molecule has 0 saturated heterocycles. The van der Waals surface area contributed by atoms with Crippen LogP contribution in [0.4, 0.5) is 0 Å². The van der Waals surface area contributed by atoms with Gasteiger partial charge in [-0.3, -0.25) is 4.79 Å². The molecule has 1 aliphatic carbocycles. The van der Waals surface area contributed by atoms with Gasteiger partial charge in [0.25, 0.3) is 0 Å². The van der Waals surface area contributed by atoms with Crippen LogP contribution in [0, 0.1) is 5.92 Å². The lowest BCUT2D eigenvalue weighted by Gasteiger charge is -2.20. The maximum absolute atomic E-state index is 12.0. The van der Waals surface area contributed by atoms with E-state index in [1.807, 2.05) is 0 Å². The van der Waals surface area contributed by atoms with Crippen LogP contribution in [0.5, 0.6) is 0 Å². The minimum atomic E-state index is 0.211. The number of rotatable bonds is 5. The van der Waals surface area contributed by atoms with Gasteiger partial charge in [0.15, 0.2) is 0 Å². The van der Waals surface area contributed by atoms with Crippen molar-refractivity contribution in [2.45, 2.75) is 77.2 Å². The Balaban J connectivity index is 1.43. The van der Waals surface area contributed by atoms with E-state index in [0.717, 1.165) is 31.0 Å². The van der Waals surface area contributed by atoms with E-state index in [4.69, 9.17) is 0 Å². The fourth-order valence-electron chi connectivity index (χ4n) is 3.77. The third kappa shape index (κ3) is 4.08. The van der Waals surface area contributed by atoms with Gasteiger partial charge in [0.05, 0.1) is 0 Å². The van der Waals surface area contributed by atoms with Crippen LogP contribution in [0.1, 0.15) is 69.4 Å². The van der Waals surface area contributed by atoms with Crippen molar-refractivity contribution in [2.24, 2.45) is 5.92 Å². The van der Waals surface area contributed by atoms with Crippen LogP contribution in [0.15, 0.2) is 0 Å². The number of hydrogen-bond acceptors (Lipinski definition) is 3. The summed E-state index contributed by atoms with van der Waals surface area (Å²) in [5, 5.41) is 11.7. The number of fused-ring (bicyclic) bond motifs is 1. The zero-order valence-corrected chi connectivity index (χ0v) is 13.5. The average Bonchev–Trinajstić information content (AvgIpc) is 2.76. The fourth-order valence-corrected chi connectivity index (χ4v) is 3.77. The van der Waals surface area contributed by atoms with Gasteiger partial charge in [-0.15, -0.1) is 10.2 Å². The molecule has 2 heterocycles. The smallest absolute Gasteiger partial charge is 0.220 e. The van der Waals surface area contributed by atoms with E-state index in [-0.39, 0.29) is 5.91 Å². The lowest BCUT2D eigenvalue weighted by molar-refractivity contribution is -0.122. The Bertz CT molecular complexity index is 491. The quantitative estimate of drug-likeness (QED) is 0.909. The number of nitrogens with zero attached hydrogens (tertiary/aromatic N) is 3. The zero-order chi connectivity index (χ0) is 15.2. The SMILES string of the molecule is O=C(CC1CCCCC1)NCCc1nnc2n1CCCCC2. The number of carbonyl (C=O) groups is 1. The summed E-state index contributed by atoms with van der Waals surface area (Å²) >= 11 is 0. The number of amides is 1. The van der Waals surface area contributed by atoms with E-state index in [2.05, 4.69) is 20.1 Å². The van der Waals surface area contributed by atoms with Crippen molar-refractivity contribution in [2.75, 3.05) is 6.54 Å². The minimum absolute atomic E-state index is 0.211. The van der Waals surface area contributed by atoms with Crippen LogP contribution in [0.3, 0.4) is 0 Å². The molecule has 1 amide bonds. The molecule has 1 aromatic rings. The molecule has 0 aromatic carbocycles. The highest BCUT2D eigenvalue weighted by Gasteiger charge is 2.17. The molecule has 0 unspecified atom stereocenters. The number of carbonyl (C=O) groups excluding carboxylic acids is 1. The summed E-state index contributed by atoms with van der Waals surface area (Å²) in [6.45, 7) is 1.72. The van der Waals surface area contributed by atoms with E-state index >= 15 is 0 Å². The molecule has 1 aliphatic heterocycles. The molecular formula is C17H28N4O. The Morgan fingerprint density at radius 2 is 1.91 bits per heavy atom. The molecule has 0 atom stereocenters. The molecule has 1 aromatic heterocycles. The summed E-state index contributed by atoms with van der Waals surface area (Å²) in [5.41, 5.74) is 0. The van der Waals surface area contributed by atoms with Crippen LogP contribution in [-0.4, -0.2) is 27.2 Å². The first-order chi connectivity index (χ1) is 10.8. The topological polar surface area (TPSA) is 59.8 Å². The van der Waals surface area contributed by atoms with Crippen molar-refractivity contribution in [3.63, 3.8) is 0 Å². The van der Waals surface area contributed by atoms with E-state index < -0.39 is 0 Å². The summed E-state index contributed by atoms with van der Waals surface area (Å²) in [5.74, 6) is 2.98. The molecule has 0 bridgehead atoms. The van der Waals surface area contributed by atoms with Gasteiger partial charge in [-0.1, -0.05) is 25.7 Å². The number of hydrogen-bond donors (Lipinski definition) is 1. The molecule has 1 saturated carbocycles. The third-order valence-electron chi connectivity index (χ3n) is 5.06. The monoisotopic (exact) mass is 304 g/mol. The summed E-state index contributed by atoms with van der Waals surface area (Å²) in [7, 11) is 0. The van der Waals surface area contributed by atoms with Gasteiger partial charge in [-0.25, -0.2) is 0 Å². The predicted molar refractivity (Wildman–Crippen MR) is 85.5 cm³/mol. The van der Waals surface area contributed by atoms with Crippen LogP contribution in [0.2, 0.25) is 0 Å². The second kappa shape index (κ2) is 7.75. The molecule has 2 aliphatic rings. The molecule has 5 heteroatoms. The summed E-state index contributed by atoms with van der Waals surface area (Å²) in [4.78, 5) is 12.0.